The smallest absolute Gasteiger partial charge is 0.226 e. The summed E-state index contributed by atoms with van der Waals surface area (Å²) in [6.45, 7) is 2.94. The SMILES string of the molecule is CCC(CCN)CCc1nc(-c2cc(Br)cs2)no1. The molecule has 104 valence electrons. The van der Waals surface area contributed by atoms with Gasteiger partial charge < -0.3 is 10.3 Å². The molecule has 2 N–H and O–H groups in total. The van der Waals surface area contributed by atoms with Crippen molar-refractivity contribution in [2.45, 2.75) is 32.6 Å². The molecule has 6 heteroatoms. The highest BCUT2D eigenvalue weighted by atomic mass is 79.9. The zero-order chi connectivity index (χ0) is 13.7. The molecule has 2 rings (SSSR count). The van der Waals surface area contributed by atoms with E-state index in [-0.39, 0.29) is 0 Å². The maximum absolute atomic E-state index is 5.60. The molecule has 0 aliphatic carbocycles. The van der Waals surface area contributed by atoms with Crippen LogP contribution in [0.15, 0.2) is 20.4 Å². The lowest BCUT2D eigenvalue weighted by Gasteiger charge is -2.11. The van der Waals surface area contributed by atoms with Gasteiger partial charge in [0.1, 0.15) is 0 Å². The molecule has 0 aliphatic heterocycles. The standard InChI is InChI=1S/C13H18BrN3OS/c1-2-9(5-6-15)3-4-12-16-13(17-18-12)11-7-10(14)8-19-11/h7-9H,2-6,15H2,1H3. The van der Waals surface area contributed by atoms with Crippen LogP contribution in [0.1, 0.15) is 32.1 Å². The Labute approximate surface area is 125 Å². The van der Waals surface area contributed by atoms with E-state index in [1.165, 1.54) is 0 Å². The Bertz CT molecular complexity index is 511. The summed E-state index contributed by atoms with van der Waals surface area (Å²) in [5.41, 5.74) is 5.60. The summed E-state index contributed by atoms with van der Waals surface area (Å²) in [6.07, 6.45) is 4.10. The summed E-state index contributed by atoms with van der Waals surface area (Å²) in [5.74, 6) is 2.05. The van der Waals surface area contributed by atoms with Crippen LogP contribution in [0.4, 0.5) is 0 Å². The highest BCUT2D eigenvalue weighted by Gasteiger charge is 2.12. The van der Waals surface area contributed by atoms with Crippen LogP contribution in [0.2, 0.25) is 0 Å². The van der Waals surface area contributed by atoms with E-state index in [9.17, 15) is 0 Å². The van der Waals surface area contributed by atoms with Crippen molar-refractivity contribution in [1.82, 2.24) is 10.1 Å². The maximum Gasteiger partial charge on any atom is 0.226 e. The Morgan fingerprint density at radius 1 is 1.47 bits per heavy atom. The van der Waals surface area contributed by atoms with Crippen molar-refractivity contribution >= 4 is 27.3 Å². The van der Waals surface area contributed by atoms with Crippen LogP contribution in [-0.4, -0.2) is 16.7 Å². The van der Waals surface area contributed by atoms with Crippen molar-refractivity contribution in [3.63, 3.8) is 0 Å². The summed E-state index contributed by atoms with van der Waals surface area (Å²) < 4.78 is 6.35. The average molecular weight is 344 g/mol. The van der Waals surface area contributed by atoms with Gasteiger partial charge in [-0.25, -0.2) is 0 Å². The van der Waals surface area contributed by atoms with E-state index < -0.39 is 0 Å². The molecule has 4 nitrogen and oxygen atoms in total. The van der Waals surface area contributed by atoms with E-state index >= 15 is 0 Å². The predicted molar refractivity (Wildman–Crippen MR) is 81.1 cm³/mol. The van der Waals surface area contributed by atoms with Gasteiger partial charge in [0.2, 0.25) is 11.7 Å². The summed E-state index contributed by atoms with van der Waals surface area (Å²) in [4.78, 5) is 5.46. The third-order valence-corrected chi connectivity index (χ3v) is 4.86. The lowest BCUT2D eigenvalue weighted by molar-refractivity contribution is 0.354. The summed E-state index contributed by atoms with van der Waals surface area (Å²) in [6, 6.07) is 2.00. The van der Waals surface area contributed by atoms with Crippen molar-refractivity contribution in [1.29, 1.82) is 0 Å². The van der Waals surface area contributed by atoms with Gasteiger partial charge >= 0.3 is 0 Å². The third kappa shape index (κ3) is 4.12. The van der Waals surface area contributed by atoms with Gasteiger partial charge in [0.15, 0.2) is 0 Å². The second kappa shape index (κ2) is 7.17. The number of hydrogen-bond donors (Lipinski definition) is 1. The van der Waals surface area contributed by atoms with E-state index in [2.05, 4.69) is 33.0 Å². The molecule has 0 bridgehead atoms. The van der Waals surface area contributed by atoms with Crippen molar-refractivity contribution in [3.05, 3.63) is 21.8 Å². The monoisotopic (exact) mass is 343 g/mol. The molecule has 0 saturated carbocycles. The highest BCUT2D eigenvalue weighted by Crippen LogP contribution is 2.28. The molecule has 1 atom stereocenters. The number of rotatable bonds is 7. The molecule has 0 aromatic carbocycles. The van der Waals surface area contributed by atoms with E-state index in [1.54, 1.807) is 11.3 Å². The highest BCUT2D eigenvalue weighted by molar-refractivity contribution is 9.10. The largest absolute Gasteiger partial charge is 0.339 e. The molecule has 0 amide bonds. The first kappa shape index (κ1) is 14.7. The first-order valence-electron chi connectivity index (χ1n) is 6.50. The number of nitrogens with zero attached hydrogens (tertiary/aromatic N) is 2. The topological polar surface area (TPSA) is 64.9 Å². The van der Waals surface area contributed by atoms with Crippen molar-refractivity contribution < 1.29 is 4.52 Å². The molecule has 0 spiro atoms. The maximum atomic E-state index is 5.60. The molecule has 2 aromatic rings. The average Bonchev–Trinajstić information content (AvgIpc) is 3.03. The van der Waals surface area contributed by atoms with Gasteiger partial charge in [-0.1, -0.05) is 18.5 Å². The molecule has 2 aromatic heterocycles. The fraction of sp³-hybridized carbons (Fsp3) is 0.538. The molecular weight excluding hydrogens is 326 g/mol. The van der Waals surface area contributed by atoms with E-state index in [0.29, 0.717) is 11.7 Å². The van der Waals surface area contributed by atoms with Crippen molar-refractivity contribution in [2.24, 2.45) is 11.7 Å². The zero-order valence-corrected chi connectivity index (χ0v) is 13.3. The van der Waals surface area contributed by atoms with Crippen LogP contribution in [0.25, 0.3) is 10.7 Å². The molecule has 1 unspecified atom stereocenters. The Balaban J connectivity index is 1.94. The normalized spacial score (nSPS) is 12.8. The quantitative estimate of drug-likeness (QED) is 0.828. The number of nitrogens with two attached hydrogens (primary N) is 1. The minimum Gasteiger partial charge on any atom is -0.339 e. The van der Waals surface area contributed by atoms with E-state index in [1.807, 2.05) is 11.4 Å². The Kier molecular flexibility index (Phi) is 5.54. The van der Waals surface area contributed by atoms with Crippen LogP contribution in [0, 0.1) is 5.92 Å². The predicted octanol–water partition coefficient (Wildman–Crippen LogP) is 3.87. The number of aromatic nitrogens is 2. The second-order valence-electron chi connectivity index (χ2n) is 4.53. The van der Waals surface area contributed by atoms with Crippen molar-refractivity contribution in [3.8, 4) is 10.7 Å². The summed E-state index contributed by atoms with van der Waals surface area (Å²) >= 11 is 5.03. The second-order valence-corrected chi connectivity index (χ2v) is 6.36. The van der Waals surface area contributed by atoms with E-state index in [4.69, 9.17) is 10.3 Å². The molecule has 0 fully saturated rings. The van der Waals surface area contributed by atoms with Gasteiger partial charge in [-0.05, 0) is 47.3 Å². The first-order chi connectivity index (χ1) is 9.22. The molecule has 0 aliphatic rings. The van der Waals surface area contributed by atoms with Crippen molar-refractivity contribution in [2.75, 3.05) is 6.54 Å². The lowest BCUT2D eigenvalue weighted by atomic mass is 9.97. The van der Waals surface area contributed by atoms with Gasteiger partial charge in [0.25, 0.3) is 0 Å². The van der Waals surface area contributed by atoms with Crippen LogP contribution in [0.5, 0.6) is 0 Å². The zero-order valence-electron chi connectivity index (χ0n) is 10.9. The molecule has 19 heavy (non-hydrogen) atoms. The Hall–Kier alpha value is -0.720. The van der Waals surface area contributed by atoms with Crippen LogP contribution in [-0.2, 0) is 6.42 Å². The first-order valence-corrected chi connectivity index (χ1v) is 8.17. The Morgan fingerprint density at radius 2 is 2.32 bits per heavy atom. The van der Waals surface area contributed by atoms with E-state index in [0.717, 1.165) is 47.5 Å². The van der Waals surface area contributed by atoms with Gasteiger partial charge in [0.05, 0.1) is 4.88 Å². The minimum atomic E-state index is 0.649. The van der Waals surface area contributed by atoms with Gasteiger partial charge in [-0.3, -0.25) is 0 Å². The third-order valence-electron chi connectivity index (χ3n) is 3.17. The molecule has 2 heterocycles. The minimum absolute atomic E-state index is 0.649. The fourth-order valence-corrected chi connectivity index (χ4v) is 3.35. The van der Waals surface area contributed by atoms with Gasteiger partial charge in [-0.2, -0.15) is 4.98 Å². The fourth-order valence-electron chi connectivity index (χ4n) is 2.00. The Morgan fingerprint density at radius 3 is 2.95 bits per heavy atom. The molecule has 0 radical (unpaired) electrons. The number of aryl methyl sites for hydroxylation is 1. The number of halogens is 1. The number of thiophene rings is 1. The molecule has 0 saturated heterocycles. The summed E-state index contributed by atoms with van der Waals surface area (Å²) in [7, 11) is 0. The lowest BCUT2D eigenvalue weighted by Crippen LogP contribution is -2.09. The van der Waals surface area contributed by atoms with Gasteiger partial charge in [0, 0.05) is 16.3 Å². The van der Waals surface area contributed by atoms with Crippen LogP contribution < -0.4 is 5.73 Å². The van der Waals surface area contributed by atoms with Gasteiger partial charge in [-0.15, -0.1) is 11.3 Å². The van der Waals surface area contributed by atoms with Crippen LogP contribution >= 0.6 is 27.3 Å². The van der Waals surface area contributed by atoms with Crippen LogP contribution in [0.3, 0.4) is 0 Å². The molecular formula is C13H18BrN3OS. The summed E-state index contributed by atoms with van der Waals surface area (Å²) in [5, 5.41) is 6.04. The number of hydrogen-bond acceptors (Lipinski definition) is 5.